The Labute approximate surface area is 90.8 Å². The summed E-state index contributed by atoms with van der Waals surface area (Å²) in [4.78, 5) is 9.62. The number of rotatable bonds is 5. The summed E-state index contributed by atoms with van der Waals surface area (Å²) in [7, 11) is 0. The van der Waals surface area contributed by atoms with Gasteiger partial charge >= 0.3 is 0 Å². The van der Waals surface area contributed by atoms with E-state index in [-0.39, 0.29) is 12.0 Å². The van der Waals surface area contributed by atoms with Gasteiger partial charge in [0, 0.05) is 11.3 Å². The van der Waals surface area contributed by atoms with Crippen LogP contribution in [-0.2, 0) is 17.7 Å². The van der Waals surface area contributed by atoms with Crippen molar-refractivity contribution in [2.75, 3.05) is 6.61 Å². The Balaban J connectivity index is 2.50. The molecular formula is C8H11N3O3S. The van der Waals surface area contributed by atoms with Crippen LogP contribution in [0.1, 0.15) is 15.6 Å². The van der Waals surface area contributed by atoms with Crippen molar-refractivity contribution in [2.24, 2.45) is 0 Å². The lowest BCUT2D eigenvalue weighted by Gasteiger charge is -2.04. The molecule has 0 saturated carbocycles. The third-order valence-electron chi connectivity index (χ3n) is 1.70. The molecule has 0 aromatic carbocycles. The molecule has 7 heteroatoms. The highest BCUT2D eigenvalue weighted by Gasteiger charge is 2.07. The molecule has 0 spiro atoms. The summed E-state index contributed by atoms with van der Waals surface area (Å²) in [6.07, 6.45) is 0.838. The SMILES string of the molecule is Cc1nc(CC#N)sc1CCON(O)O. The number of aromatic nitrogens is 1. The van der Waals surface area contributed by atoms with Gasteiger partial charge in [0.05, 0.1) is 30.2 Å². The third kappa shape index (κ3) is 3.91. The van der Waals surface area contributed by atoms with E-state index in [1.54, 1.807) is 0 Å². The monoisotopic (exact) mass is 229 g/mol. The van der Waals surface area contributed by atoms with E-state index in [0.717, 1.165) is 15.6 Å². The number of aryl methyl sites for hydroxylation is 1. The van der Waals surface area contributed by atoms with Crippen LogP contribution in [-0.4, -0.2) is 27.4 Å². The summed E-state index contributed by atoms with van der Waals surface area (Å²) in [6, 6.07) is 2.03. The standard InChI is InChI=1S/C8H11N3O3S/c1-6-7(3-5-14-11(12)13)15-8(10-6)2-4-9/h12-13H,2-3,5H2,1H3. The molecule has 0 saturated heterocycles. The molecule has 2 N–H and O–H groups in total. The van der Waals surface area contributed by atoms with Gasteiger partial charge in [-0.15, -0.1) is 11.3 Å². The minimum Gasteiger partial charge on any atom is -0.266 e. The summed E-state index contributed by atoms with van der Waals surface area (Å²) in [6.45, 7) is 2.00. The molecule has 0 aliphatic heterocycles. The second kappa shape index (κ2) is 5.75. The fourth-order valence-electron chi connectivity index (χ4n) is 1.08. The normalized spacial score (nSPS) is 10.6. The van der Waals surface area contributed by atoms with Crippen LogP contribution in [0.3, 0.4) is 0 Å². The van der Waals surface area contributed by atoms with Crippen LogP contribution < -0.4 is 0 Å². The summed E-state index contributed by atoms with van der Waals surface area (Å²) in [5.74, 6) is 0. The van der Waals surface area contributed by atoms with E-state index >= 15 is 0 Å². The van der Waals surface area contributed by atoms with Gasteiger partial charge in [-0.25, -0.2) is 4.98 Å². The molecule has 6 nitrogen and oxygen atoms in total. The molecule has 0 aliphatic carbocycles. The van der Waals surface area contributed by atoms with Crippen molar-refractivity contribution in [3.8, 4) is 6.07 Å². The lowest BCUT2D eigenvalue weighted by molar-refractivity contribution is -0.492. The molecule has 1 aromatic rings. The molecule has 1 heterocycles. The second-order valence-corrected chi connectivity index (χ2v) is 3.96. The van der Waals surface area contributed by atoms with E-state index in [0.29, 0.717) is 12.8 Å². The number of nitrogens with zero attached hydrogens (tertiary/aromatic N) is 3. The van der Waals surface area contributed by atoms with Crippen molar-refractivity contribution in [3.63, 3.8) is 0 Å². The van der Waals surface area contributed by atoms with Crippen molar-refractivity contribution in [1.82, 2.24) is 10.4 Å². The first kappa shape index (κ1) is 12.0. The van der Waals surface area contributed by atoms with Gasteiger partial charge in [-0.05, 0) is 6.92 Å². The van der Waals surface area contributed by atoms with Crippen LogP contribution in [0.4, 0.5) is 0 Å². The van der Waals surface area contributed by atoms with Crippen molar-refractivity contribution >= 4 is 11.3 Å². The Morgan fingerprint density at radius 1 is 1.60 bits per heavy atom. The Kier molecular flexibility index (Phi) is 4.61. The Bertz CT molecular complexity index is 359. The van der Waals surface area contributed by atoms with Crippen molar-refractivity contribution in [3.05, 3.63) is 15.6 Å². The van der Waals surface area contributed by atoms with Crippen molar-refractivity contribution in [1.29, 1.82) is 5.26 Å². The van der Waals surface area contributed by atoms with Gasteiger partial charge in [-0.1, -0.05) is 0 Å². The first-order valence-corrected chi connectivity index (χ1v) is 5.08. The quantitative estimate of drug-likeness (QED) is 0.734. The smallest absolute Gasteiger partial charge is 0.107 e. The lowest BCUT2D eigenvalue weighted by Crippen LogP contribution is -2.16. The van der Waals surface area contributed by atoms with Crippen LogP contribution in [0.15, 0.2) is 0 Å². The molecule has 0 unspecified atom stereocenters. The van der Waals surface area contributed by atoms with E-state index in [1.165, 1.54) is 11.3 Å². The average Bonchev–Trinajstić information content (AvgIpc) is 2.47. The van der Waals surface area contributed by atoms with Crippen molar-refractivity contribution in [2.45, 2.75) is 19.8 Å². The summed E-state index contributed by atoms with van der Waals surface area (Å²) in [5.41, 5.74) is 0.858. The largest absolute Gasteiger partial charge is 0.266 e. The molecule has 82 valence electrons. The topological polar surface area (TPSA) is 89.6 Å². The maximum absolute atomic E-state index is 8.49. The van der Waals surface area contributed by atoms with Gasteiger partial charge in [0.25, 0.3) is 0 Å². The predicted molar refractivity (Wildman–Crippen MR) is 51.2 cm³/mol. The fourth-order valence-corrected chi connectivity index (χ4v) is 2.07. The van der Waals surface area contributed by atoms with Gasteiger partial charge in [0.2, 0.25) is 0 Å². The number of thiazole rings is 1. The molecular weight excluding hydrogens is 218 g/mol. The number of nitriles is 1. The third-order valence-corrected chi connectivity index (χ3v) is 2.92. The minimum atomic E-state index is -0.313. The molecule has 1 aromatic heterocycles. The molecule has 0 aliphatic rings. The highest BCUT2D eigenvalue weighted by molar-refractivity contribution is 7.11. The minimum absolute atomic E-state index is 0.155. The first-order chi connectivity index (χ1) is 7.13. The molecule has 0 amide bonds. The Hall–Kier alpha value is -1.04. The van der Waals surface area contributed by atoms with Gasteiger partial charge < -0.3 is 0 Å². The molecule has 15 heavy (non-hydrogen) atoms. The van der Waals surface area contributed by atoms with Crippen molar-refractivity contribution < 1.29 is 15.3 Å². The van der Waals surface area contributed by atoms with Crippen LogP contribution in [0.25, 0.3) is 0 Å². The lowest BCUT2D eigenvalue weighted by atomic mass is 10.3. The summed E-state index contributed by atoms with van der Waals surface area (Å²) < 4.78 is 0. The van der Waals surface area contributed by atoms with Gasteiger partial charge in [0.1, 0.15) is 5.01 Å². The zero-order valence-electron chi connectivity index (χ0n) is 8.17. The first-order valence-electron chi connectivity index (χ1n) is 4.26. The van der Waals surface area contributed by atoms with Gasteiger partial charge in [-0.3, -0.25) is 15.3 Å². The molecule has 0 bridgehead atoms. The van der Waals surface area contributed by atoms with Crippen LogP contribution in [0.5, 0.6) is 0 Å². The average molecular weight is 229 g/mol. The van der Waals surface area contributed by atoms with Crippen LogP contribution >= 0.6 is 11.3 Å². The van der Waals surface area contributed by atoms with E-state index in [9.17, 15) is 0 Å². The van der Waals surface area contributed by atoms with E-state index < -0.39 is 0 Å². The van der Waals surface area contributed by atoms with Crippen LogP contribution in [0, 0.1) is 18.3 Å². The van der Waals surface area contributed by atoms with E-state index in [4.69, 9.17) is 15.7 Å². The Morgan fingerprint density at radius 3 is 2.93 bits per heavy atom. The second-order valence-electron chi connectivity index (χ2n) is 2.79. The summed E-state index contributed by atoms with van der Waals surface area (Å²) >= 11 is 1.44. The maximum atomic E-state index is 8.49. The zero-order valence-corrected chi connectivity index (χ0v) is 8.99. The van der Waals surface area contributed by atoms with E-state index in [2.05, 4.69) is 9.82 Å². The highest BCUT2D eigenvalue weighted by atomic mass is 32.1. The number of hydrogen-bond acceptors (Lipinski definition) is 7. The predicted octanol–water partition coefficient (Wildman–Crippen LogP) is 1.07. The molecule has 0 radical (unpaired) electrons. The molecule has 0 atom stereocenters. The zero-order chi connectivity index (χ0) is 11.3. The number of hydrogen-bond donors (Lipinski definition) is 2. The summed E-state index contributed by atoms with van der Waals surface area (Å²) in [5, 5.41) is 25.5. The van der Waals surface area contributed by atoms with Gasteiger partial charge in [-0.2, -0.15) is 5.26 Å². The fraction of sp³-hybridized carbons (Fsp3) is 0.500. The molecule has 1 rings (SSSR count). The maximum Gasteiger partial charge on any atom is 0.107 e. The Morgan fingerprint density at radius 2 is 2.33 bits per heavy atom. The van der Waals surface area contributed by atoms with E-state index in [1.807, 2.05) is 13.0 Å². The van der Waals surface area contributed by atoms with Gasteiger partial charge in [0.15, 0.2) is 0 Å². The highest BCUT2D eigenvalue weighted by Crippen LogP contribution is 2.18. The molecule has 0 fully saturated rings. The van der Waals surface area contributed by atoms with Crippen LogP contribution in [0.2, 0.25) is 0 Å².